The zero-order chi connectivity index (χ0) is 21.8. The van der Waals surface area contributed by atoms with Crippen molar-refractivity contribution in [3.63, 3.8) is 0 Å². The third kappa shape index (κ3) is 4.86. The number of allylic oxidation sites excluding steroid dienone is 1. The Kier molecular flexibility index (Phi) is 6.84. The van der Waals surface area contributed by atoms with Gasteiger partial charge in [0.05, 0.1) is 6.20 Å². The second kappa shape index (κ2) is 9.36. The average Bonchev–Trinajstić information content (AvgIpc) is 3.31. The fraction of sp³-hybridized carbons (Fsp3) is 0.591. The Morgan fingerprint density at radius 3 is 2.37 bits per heavy atom. The SMILES string of the molecule is CC(C)[C@H](NC(=O)[C@H](NC(=O)c1cnccn1)C(C)C)C(=O)N1C[C@H]2CC=C[C@H]2C1. The molecule has 162 valence electrons. The lowest BCUT2D eigenvalue weighted by atomic mass is 9.99. The Morgan fingerprint density at radius 1 is 1.03 bits per heavy atom. The van der Waals surface area contributed by atoms with Crippen molar-refractivity contribution in [1.29, 1.82) is 0 Å². The van der Waals surface area contributed by atoms with Crippen LogP contribution in [0.2, 0.25) is 0 Å². The highest BCUT2D eigenvalue weighted by molar-refractivity contribution is 5.97. The zero-order valence-electron chi connectivity index (χ0n) is 18.0. The maximum Gasteiger partial charge on any atom is 0.272 e. The Bertz CT molecular complexity index is 808. The molecule has 0 aromatic carbocycles. The van der Waals surface area contributed by atoms with Gasteiger partial charge >= 0.3 is 0 Å². The van der Waals surface area contributed by atoms with E-state index in [4.69, 9.17) is 0 Å². The molecule has 2 aliphatic rings. The number of rotatable bonds is 7. The summed E-state index contributed by atoms with van der Waals surface area (Å²) in [5.74, 6) is -0.203. The van der Waals surface area contributed by atoms with Crippen LogP contribution in [0.5, 0.6) is 0 Å². The molecule has 3 rings (SSSR count). The van der Waals surface area contributed by atoms with Gasteiger partial charge in [-0.1, -0.05) is 39.8 Å². The first kappa shape index (κ1) is 21.9. The van der Waals surface area contributed by atoms with Crippen LogP contribution in [0.25, 0.3) is 0 Å². The molecule has 1 saturated heterocycles. The van der Waals surface area contributed by atoms with Gasteiger partial charge in [0.15, 0.2) is 0 Å². The molecular formula is C22H31N5O3. The maximum absolute atomic E-state index is 13.2. The van der Waals surface area contributed by atoms with Crippen LogP contribution in [0.1, 0.15) is 44.6 Å². The first-order valence-corrected chi connectivity index (χ1v) is 10.6. The van der Waals surface area contributed by atoms with Crippen LogP contribution in [0.3, 0.4) is 0 Å². The molecule has 2 N–H and O–H groups in total. The van der Waals surface area contributed by atoms with Gasteiger partial charge in [0, 0.05) is 25.5 Å². The predicted octanol–water partition coefficient (Wildman–Crippen LogP) is 1.41. The van der Waals surface area contributed by atoms with E-state index in [0.29, 0.717) is 18.4 Å². The van der Waals surface area contributed by atoms with E-state index in [1.807, 2.05) is 32.6 Å². The van der Waals surface area contributed by atoms with Crippen molar-refractivity contribution in [1.82, 2.24) is 25.5 Å². The molecule has 0 radical (unpaired) electrons. The number of hydrogen-bond donors (Lipinski definition) is 2. The quantitative estimate of drug-likeness (QED) is 0.658. The molecule has 1 aromatic rings. The maximum atomic E-state index is 13.2. The van der Waals surface area contributed by atoms with Gasteiger partial charge in [0.25, 0.3) is 5.91 Å². The van der Waals surface area contributed by atoms with Gasteiger partial charge in [-0.15, -0.1) is 0 Å². The van der Waals surface area contributed by atoms with Crippen LogP contribution in [0.4, 0.5) is 0 Å². The molecule has 1 fully saturated rings. The van der Waals surface area contributed by atoms with E-state index in [1.165, 1.54) is 18.6 Å². The number of fused-ring (bicyclic) bond motifs is 1. The second-order valence-corrected chi connectivity index (χ2v) is 8.85. The van der Waals surface area contributed by atoms with Gasteiger partial charge in [0.1, 0.15) is 17.8 Å². The zero-order valence-corrected chi connectivity index (χ0v) is 18.0. The largest absolute Gasteiger partial charge is 0.342 e. The molecule has 1 aromatic heterocycles. The summed E-state index contributed by atoms with van der Waals surface area (Å²) in [7, 11) is 0. The summed E-state index contributed by atoms with van der Waals surface area (Å²) < 4.78 is 0. The van der Waals surface area contributed by atoms with Crippen LogP contribution in [0.15, 0.2) is 30.7 Å². The fourth-order valence-electron chi connectivity index (χ4n) is 4.09. The van der Waals surface area contributed by atoms with Crippen molar-refractivity contribution in [2.45, 2.75) is 46.2 Å². The Hall–Kier alpha value is -2.77. The number of hydrogen-bond acceptors (Lipinski definition) is 5. The number of likely N-dealkylation sites (tertiary alicyclic amines) is 1. The minimum atomic E-state index is -0.783. The van der Waals surface area contributed by atoms with Gasteiger partial charge < -0.3 is 15.5 Å². The first-order chi connectivity index (χ1) is 14.3. The van der Waals surface area contributed by atoms with Crippen LogP contribution in [-0.4, -0.2) is 57.8 Å². The highest BCUT2D eigenvalue weighted by atomic mass is 16.2. The summed E-state index contributed by atoms with van der Waals surface area (Å²) in [4.78, 5) is 48.4. The molecule has 0 bridgehead atoms. The van der Waals surface area contributed by atoms with E-state index in [2.05, 4.69) is 32.8 Å². The molecule has 2 heterocycles. The van der Waals surface area contributed by atoms with Gasteiger partial charge in [-0.05, 0) is 30.1 Å². The summed E-state index contributed by atoms with van der Waals surface area (Å²) in [6, 6.07) is -1.41. The van der Waals surface area contributed by atoms with Gasteiger partial charge in [-0.2, -0.15) is 0 Å². The number of amides is 3. The third-order valence-corrected chi connectivity index (χ3v) is 5.89. The minimum absolute atomic E-state index is 0.0519. The number of nitrogens with zero attached hydrogens (tertiary/aromatic N) is 3. The Balaban J connectivity index is 1.66. The molecular weight excluding hydrogens is 382 g/mol. The number of carbonyl (C=O) groups excluding carboxylic acids is 3. The van der Waals surface area contributed by atoms with E-state index < -0.39 is 18.0 Å². The normalized spacial score (nSPS) is 22.1. The number of nitrogens with one attached hydrogen (secondary N) is 2. The van der Waals surface area contributed by atoms with E-state index in [-0.39, 0.29) is 29.3 Å². The Morgan fingerprint density at radius 2 is 1.77 bits per heavy atom. The lowest BCUT2D eigenvalue weighted by molar-refractivity contribution is -0.137. The second-order valence-electron chi connectivity index (χ2n) is 8.85. The standard InChI is InChI=1S/C22H31N5O3/c1-13(2)18(25-20(28)17-10-23-8-9-24-17)21(29)26-19(14(3)4)22(30)27-11-15-6-5-7-16(15)12-27/h5-6,8-10,13-16,18-19H,7,11-12H2,1-4H3,(H,25,28)(H,26,29)/t15-,16+,18+,19-/m0/s1. The molecule has 8 heteroatoms. The smallest absolute Gasteiger partial charge is 0.272 e. The van der Waals surface area contributed by atoms with Crippen molar-refractivity contribution < 1.29 is 14.4 Å². The molecule has 3 amide bonds. The van der Waals surface area contributed by atoms with Crippen LogP contribution in [0, 0.1) is 23.7 Å². The van der Waals surface area contributed by atoms with Gasteiger partial charge in [-0.25, -0.2) is 4.98 Å². The molecule has 8 nitrogen and oxygen atoms in total. The molecule has 1 aliphatic carbocycles. The van der Waals surface area contributed by atoms with E-state index >= 15 is 0 Å². The number of aromatic nitrogens is 2. The van der Waals surface area contributed by atoms with Crippen molar-refractivity contribution in [2.75, 3.05) is 13.1 Å². The van der Waals surface area contributed by atoms with Crippen molar-refractivity contribution in [3.8, 4) is 0 Å². The molecule has 0 unspecified atom stereocenters. The van der Waals surface area contributed by atoms with Gasteiger partial charge in [0.2, 0.25) is 11.8 Å². The van der Waals surface area contributed by atoms with Crippen molar-refractivity contribution >= 4 is 17.7 Å². The molecule has 30 heavy (non-hydrogen) atoms. The van der Waals surface area contributed by atoms with Crippen LogP contribution < -0.4 is 10.6 Å². The molecule has 0 saturated carbocycles. The monoisotopic (exact) mass is 413 g/mol. The highest BCUT2D eigenvalue weighted by Gasteiger charge is 2.39. The van der Waals surface area contributed by atoms with E-state index in [1.54, 1.807) is 0 Å². The predicted molar refractivity (Wildman–Crippen MR) is 112 cm³/mol. The van der Waals surface area contributed by atoms with Gasteiger partial charge in [-0.3, -0.25) is 19.4 Å². The highest BCUT2D eigenvalue weighted by Crippen LogP contribution is 2.33. The minimum Gasteiger partial charge on any atom is -0.342 e. The third-order valence-electron chi connectivity index (χ3n) is 5.89. The first-order valence-electron chi connectivity index (χ1n) is 10.6. The fourth-order valence-corrected chi connectivity index (χ4v) is 4.09. The van der Waals surface area contributed by atoms with Crippen LogP contribution >= 0.6 is 0 Å². The summed E-state index contributed by atoms with van der Waals surface area (Å²) >= 11 is 0. The molecule has 1 aliphatic heterocycles. The summed E-state index contributed by atoms with van der Waals surface area (Å²) in [6.45, 7) is 8.97. The van der Waals surface area contributed by atoms with E-state index in [0.717, 1.165) is 13.0 Å². The lowest BCUT2D eigenvalue weighted by Gasteiger charge is -2.30. The molecule has 0 spiro atoms. The van der Waals surface area contributed by atoms with Crippen molar-refractivity contribution in [2.24, 2.45) is 23.7 Å². The average molecular weight is 414 g/mol. The summed E-state index contributed by atoms with van der Waals surface area (Å²) in [6.07, 6.45) is 9.64. The van der Waals surface area contributed by atoms with E-state index in [9.17, 15) is 14.4 Å². The Labute approximate surface area is 177 Å². The summed E-state index contributed by atoms with van der Waals surface area (Å²) in [5, 5.41) is 5.63. The topological polar surface area (TPSA) is 104 Å². The molecule has 4 atom stereocenters. The lowest BCUT2D eigenvalue weighted by Crippen LogP contribution is -2.57. The van der Waals surface area contributed by atoms with Crippen LogP contribution in [-0.2, 0) is 9.59 Å². The van der Waals surface area contributed by atoms with Crippen molar-refractivity contribution in [3.05, 3.63) is 36.4 Å². The summed E-state index contributed by atoms with van der Waals surface area (Å²) in [5.41, 5.74) is 0.143. The number of carbonyl (C=O) groups is 3.